The fourth-order valence-electron chi connectivity index (χ4n) is 2.88. The lowest BCUT2D eigenvalue weighted by molar-refractivity contribution is 0.0775. The lowest BCUT2D eigenvalue weighted by Gasteiger charge is -2.23. The molecule has 0 radical (unpaired) electrons. The average molecular weight is 299 g/mol. The fourth-order valence-corrected chi connectivity index (χ4v) is 2.88. The molecule has 116 valence electrons. The molecule has 0 aromatic carbocycles. The van der Waals surface area contributed by atoms with Gasteiger partial charge in [-0.05, 0) is 49.6 Å². The number of carbonyl (C=O) groups excluding carboxylic acids is 1. The van der Waals surface area contributed by atoms with E-state index in [0.717, 1.165) is 24.4 Å². The summed E-state index contributed by atoms with van der Waals surface area (Å²) in [5.41, 5.74) is 7.96. The molecule has 0 aliphatic carbocycles. The number of amides is 1. The highest BCUT2D eigenvalue weighted by Crippen LogP contribution is 2.30. The van der Waals surface area contributed by atoms with E-state index in [1.807, 2.05) is 36.1 Å². The third kappa shape index (κ3) is 2.64. The minimum Gasteiger partial charge on any atom is -0.463 e. The van der Waals surface area contributed by atoms with Gasteiger partial charge in [-0.25, -0.2) is 4.98 Å². The molecule has 1 saturated heterocycles. The minimum atomic E-state index is 0.0328. The number of furan rings is 1. The number of nitrogens with two attached hydrogens (primary N) is 1. The van der Waals surface area contributed by atoms with Gasteiger partial charge in [0, 0.05) is 13.1 Å². The van der Waals surface area contributed by atoms with Crippen LogP contribution in [0.4, 0.5) is 0 Å². The summed E-state index contributed by atoms with van der Waals surface area (Å²) in [6.45, 7) is 6.06. The topological polar surface area (TPSA) is 72.4 Å². The zero-order valence-corrected chi connectivity index (χ0v) is 13.0. The lowest BCUT2D eigenvalue weighted by atomic mass is 9.90. The van der Waals surface area contributed by atoms with E-state index in [2.05, 4.69) is 11.9 Å². The molecule has 1 aliphatic rings. The quantitative estimate of drug-likeness (QED) is 0.945. The molecule has 0 bridgehead atoms. The van der Waals surface area contributed by atoms with E-state index in [0.29, 0.717) is 24.4 Å². The van der Waals surface area contributed by atoms with Crippen LogP contribution in [0.25, 0.3) is 11.5 Å². The molecule has 1 aliphatic heterocycles. The van der Waals surface area contributed by atoms with Gasteiger partial charge in [-0.3, -0.25) is 4.79 Å². The van der Waals surface area contributed by atoms with Crippen LogP contribution in [0.3, 0.4) is 0 Å². The first-order chi connectivity index (χ1) is 10.5. The molecule has 5 nitrogen and oxygen atoms in total. The van der Waals surface area contributed by atoms with Crippen molar-refractivity contribution in [1.29, 1.82) is 0 Å². The lowest BCUT2D eigenvalue weighted by Crippen LogP contribution is -2.34. The van der Waals surface area contributed by atoms with E-state index in [-0.39, 0.29) is 11.3 Å². The number of hydrogen-bond acceptors (Lipinski definition) is 4. The Labute approximate surface area is 130 Å². The van der Waals surface area contributed by atoms with Crippen LogP contribution < -0.4 is 5.73 Å². The van der Waals surface area contributed by atoms with E-state index in [1.165, 1.54) is 0 Å². The second kappa shape index (κ2) is 5.57. The van der Waals surface area contributed by atoms with Crippen LogP contribution in [0.15, 0.2) is 34.9 Å². The van der Waals surface area contributed by atoms with Crippen LogP contribution in [-0.4, -0.2) is 35.4 Å². The molecule has 0 saturated carbocycles. The standard InChI is InChI=1S/C17H21N3O2/c1-12-13(5-6-14(19-12)15-4-3-9-22-15)16(21)20-8-7-17(2,10-18)11-20/h3-6,9H,7-8,10-11,18H2,1-2H3. The molecule has 3 rings (SSSR count). The van der Waals surface area contributed by atoms with Crippen molar-refractivity contribution in [2.45, 2.75) is 20.3 Å². The number of pyridine rings is 1. The van der Waals surface area contributed by atoms with Gasteiger partial charge in [-0.2, -0.15) is 0 Å². The molecule has 3 heterocycles. The first-order valence-electron chi connectivity index (χ1n) is 7.53. The van der Waals surface area contributed by atoms with Gasteiger partial charge < -0.3 is 15.1 Å². The van der Waals surface area contributed by atoms with E-state index >= 15 is 0 Å². The highest BCUT2D eigenvalue weighted by Gasteiger charge is 2.35. The van der Waals surface area contributed by atoms with Crippen molar-refractivity contribution in [3.63, 3.8) is 0 Å². The van der Waals surface area contributed by atoms with Crippen LogP contribution in [0.1, 0.15) is 29.4 Å². The van der Waals surface area contributed by atoms with Gasteiger partial charge in [0.25, 0.3) is 5.91 Å². The maximum absolute atomic E-state index is 12.7. The van der Waals surface area contributed by atoms with Crippen molar-refractivity contribution in [1.82, 2.24) is 9.88 Å². The molecule has 0 spiro atoms. The zero-order chi connectivity index (χ0) is 15.7. The van der Waals surface area contributed by atoms with Crippen LogP contribution in [0, 0.1) is 12.3 Å². The van der Waals surface area contributed by atoms with E-state index in [9.17, 15) is 4.79 Å². The Morgan fingerprint density at radius 1 is 1.45 bits per heavy atom. The molecule has 2 aromatic heterocycles. The summed E-state index contributed by atoms with van der Waals surface area (Å²) in [4.78, 5) is 19.1. The first kappa shape index (κ1) is 14.8. The summed E-state index contributed by atoms with van der Waals surface area (Å²) in [5, 5.41) is 0. The molecule has 1 unspecified atom stereocenters. The summed E-state index contributed by atoms with van der Waals surface area (Å²) in [6.07, 6.45) is 2.56. The maximum atomic E-state index is 12.7. The molecule has 1 fully saturated rings. The van der Waals surface area contributed by atoms with Crippen LogP contribution in [-0.2, 0) is 0 Å². The molecule has 2 N–H and O–H groups in total. The SMILES string of the molecule is Cc1nc(-c2ccco2)ccc1C(=O)N1CCC(C)(CN)C1. The van der Waals surface area contributed by atoms with Gasteiger partial charge in [-0.15, -0.1) is 0 Å². The predicted octanol–water partition coefficient (Wildman–Crippen LogP) is 2.46. The molecule has 1 amide bonds. The van der Waals surface area contributed by atoms with Crippen molar-refractivity contribution in [2.75, 3.05) is 19.6 Å². The van der Waals surface area contributed by atoms with E-state index in [4.69, 9.17) is 10.2 Å². The first-order valence-corrected chi connectivity index (χ1v) is 7.53. The number of nitrogens with zero attached hydrogens (tertiary/aromatic N) is 2. The summed E-state index contributed by atoms with van der Waals surface area (Å²) in [7, 11) is 0. The number of carbonyl (C=O) groups is 1. The summed E-state index contributed by atoms with van der Waals surface area (Å²) < 4.78 is 5.34. The fraction of sp³-hybridized carbons (Fsp3) is 0.412. The molecule has 1 atom stereocenters. The number of likely N-dealkylation sites (tertiary alicyclic amines) is 1. The normalized spacial score (nSPS) is 21.3. The van der Waals surface area contributed by atoms with Gasteiger partial charge in [-0.1, -0.05) is 6.92 Å². The van der Waals surface area contributed by atoms with Crippen molar-refractivity contribution >= 4 is 5.91 Å². The predicted molar refractivity (Wildman–Crippen MR) is 84.4 cm³/mol. The number of hydrogen-bond donors (Lipinski definition) is 1. The Hall–Kier alpha value is -2.14. The summed E-state index contributed by atoms with van der Waals surface area (Å²) in [6, 6.07) is 7.34. The molecule has 2 aromatic rings. The second-order valence-corrected chi connectivity index (χ2v) is 6.30. The van der Waals surface area contributed by atoms with Crippen molar-refractivity contribution < 1.29 is 9.21 Å². The van der Waals surface area contributed by atoms with Gasteiger partial charge in [0.2, 0.25) is 0 Å². The Bertz CT molecular complexity index is 681. The molecule has 5 heteroatoms. The maximum Gasteiger partial charge on any atom is 0.255 e. The summed E-state index contributed by atoms with van der Waals surface area (Å²) >= 11 is 0. The van der Waals surface area contributed by atoms with Gasteiger partial charge in [0.1, 0.15) is 5.69 Å². The Morgan fingerprint density at radius 3 is 2.86 bits per heavy atom. The molecular formula is C17H21N3O2. The largest absolute Gasteiger partial charge is 0.463 e. The van der Waals surface area contributed by atoms with Crippen LogP contribution >= 0.6 is 0 Å². The van der Waals surface area contributed by atoms with Crippen molar-refractivity contribution in [3.05, 3.63) is 41.8 Å². The second-order valence-electron chi connectivity index (χ2n) is 6.30. The summed E-state index contributed by atoms with van der Waals surface area (Å²) in [5.74, 6) is 0.743. The molecular weight excluding hydrogens is 278 g/mol. The Balaban J connectivity index is 1.82. The van der Waals surface area contributed by atoms with Gasteiger partial charge in [0.15, 0.2) is 5.76 Å². The van der Waals surface area contributed by atoms with Gasteiger partial charge >= 0.3 is 0 Å². The van der Waals surface area contributed by atoms with Crippen LogP contribution in [0.5, 0.6) is 0 Å². The highest BCUT2D eigenvalue weighted by molar-refractivity contribution is 5.95. The van der Waals surface area contributed by atoms with Gasteiger partial charge in [0.05, 0.1) is 17.5 Å². The van der Waals surface area contributed by atoms with Crippen LogP contribution in [0.2, 0.25) is 0 Å². The van der Waals surface area contributed by atoms with Crippen molar-refractivity contribution in [2.24, 2.45) is 11.1 Å². The van der Waals surface area contributed by atoms with Crippen molar-refractivity contribution in [3.8, 4) is 11.5 Å². The monoisotopic (exact) mass is 299 g/mol. The molecule has 22 heavy (non-hydrogen) atoms. The van der Waals surface area contributed by atoms with E-state index in [1.54, 1.807) is 6.26 Å². The number of aromatic nitrogens is 1. The number of rotatable bonds is 3. The highest BCUT2D eigenvalue weighted by atomic mass is 16.3. The average Bonchev–Trinajstić information content (AvgIpc) is 3.17. The Kier molecular flexibility index (Phi) is 3.74. The van der Waals surface area contributed by atoms with E-state index < -0.39 is 0 Å². The zero-order valence-electron chi connectivity index (χ0n) is 13.0. The number of aryl methyl sites for hydroxylation is 1. The third-order valence-corrected chi connectivity index (χ3v) is 4.43. The third-order valence-electron chi connectivity index (χ3n) is 4.43. The Morgan fingerprint density at radius 2 is 2.27 bits per heavy atom. The minimum absolute atomic E-state index is 0.0328. The smallest absolute Gasteiger partial charge is 0.255 e.